The fourth-order valence-electron chi connectivity index (χ4n) is 2.01. The van der Waals surface area contributed by atoms with Crippen LogP contribution in [0.1, 0.15) is 44.3 Å². The number of rotatable bonds is 5. The quantitative estimate of drug-likeness (QED) is 0.486. The lowest BCUT2D eigenvalue weighted by atomic mass is 10.2. The molecule has 1 aromatic rings. The summed E-state index contributed by atoms with van der Waals surface area (Å²) in [6.45, 7) is 4.82. The number of hydrogen-bond acceptors (Lipinski definition) is 4. The first-order chi connectivity index (χ1) is 9.69. The zero-order valence-electron chi connectivity index (χ0n) is 12.4. The van der Waals surface area contributed by atoms with E-state index >= 15 is 0 Å². The molecule has 0 aliphatic heterocycles. The lowest BCUT2D eigenvalue weighted by Gasteiger charge is -2.16. The largest absolute Gasteiger partial charge is 0.356 e. The van der Waals surface area contributed by atoms with E-state index in [0.717, 1.165) is 31.2 Å². The van der Waals surface area contributed by atoms with E-state index < -0.39 is 0 Å². The van der Waals surface area contributed by atoms with Crippen LogP contribution < -0.4 is 10.6 Å². The van der Waals surface area contributed by atoms with Crippen molar-refractivity contribution in [2.45, 2.75) is 45.1 Å². The fraction of sp³-hybridized carbons (Fsp3) is 0.643. The fourth-order valence-corrected chi connectivity index (χ4v) is 2.01. The molecule has 1 aliphatic carbocycles. The summed E-state index contributed by atoms with van der Waals surface area (Å²) in [6.07, 6.45) is 7.20. The maximum Gasteiger partial charge on any atom is 0.228 e. The van der Waals surface area contributed by atoms with Crippen molar-refractivity contribution >= 4 is 5.96 Å². The minimum atomic E-state index is 0.296. The first-order valence-corrected chi connectivity index (χ1v) is 7.13. The highest BCUT2D eigenvalue weighted by atomic mass is 16.5. The van der Waals surface area contributed by atoms with Gasteiger partial charge in [-0.1, -0.05) is 31.2 Å². The van der Waals surface area contributed by atoms with E-state index in [-0.39, 0.29) is 0 Å². The maximum absolute atomic E-state index is 5.20. The van der Waals surface area contributed by atoms with E-state index in [4.69, 9.17) is 4.52 Å². The van der Waals surface area contributed by atoms with Crippen LogP contribution in [0.3, 0.4) is 0 Å². The molecule has 6 heteroatoms. The predicted molar refractivity (Wildman–Crippen MR) is 78.8 cm³/mol. The van der Waals surface area contributed by atoms with Crippen molar-refractivity contribution in [1.29, 1.82) is 0 Å². The van der Waals surface area contributed by atoms with Gasteiger partial charge in [-0.2, -0.15) is 4.98 Å². The minimum Gasteiger partial charge on any atom is -0.356 e. The van der Waals surface area contributed by atoms with Crippen LogP contribution >= 0.6 is 0 Å². The van der Waals surface area contributed by atoms with E-state index in [1.807, 2.05) is 13.8 Å². The Kier molecular flexibility index (Phi) is 5.15. The third-order valence-electron chi connectivity index (χ3n) is 3.20. The van der Waals surface area contributed by atoms with Crippen LogP contribution in [0.5, 0.6) is 0 Å². The summed E-state index contributed by atoms with van der Waals surface area (Å²) in [6, 6.07) is 0.456. The van der Waals surface area contributed by atoms with Crippen LogP contribution in [-0.4, -0.2) is 35.7 Å². The van der Waals surface area contributed by atoms with Gasteiger partial charge in [0.25, 0.3) is 0 Å². The molecule has 0 spiro atoms. The molecule has 2 N–H and O–H groups in total. The van der Waals surface area contributed by atoms with Gasteiger partial charge in [0.1, 0.15) is 0 Å². The Morgan fingerprint density at radius 1 is 1.45 bits per heavy atom. The van der Waals surface area contributed by atoms with Crippen molar-refractivity contribution in [3.8, 4) is 0 Å². The monoisotopic (exact) mass is 277 g/mol. The molecule has 0 amide bonds. The molecule has 0 saturated carbocycles. The highest BCUT2D eigenvalue weighted by molar-refractivity contribution is 5.80. The molecule has 6 nitrogen and oxygen atoms in total. The normalized spacial score (nSPS) is 16.1. The highest BCUT2D eigenvalue weighted by Gasteiger charge is 2.12. The SMILES string of the molecule is CN=C(NCCc1nc(C(C)C)no1)NC1CC=CC1. The van der Waals surface area contributed by atoms with Crippen LogP contribution in [0.25, 0.3) is 0 Å². The van der Waals surface area contributed by atoms with Gasteiger partial charge in [-0.05, 0) is 12.8 Å². The van der Waals surface area contributed by atoms with Gasteiger partial charge in [-0.25, -0.2) is 0 Å². The molecule has 2 rings (SSSR count). The Morgan fingerprint density at radius 2 is 2.20 bits per heavy atom. The second-order valence-corrected chi connectivity index (χ2v) is 5.23. The summed E-state index contributed by atoms with van der Waals surface area (Å²) >= 11 is 0. The zero-order valence-corrected chi connectivity index (χ0v) is 12.4. The summed E-state index contributed by atoms with van der Waals surface area (Å²) in [5.74, 6) is 2.55. The van der Waals surface area contributed by atoms with Crippen LogP contribution in [0, 0.1) is 0 Å². The van der Waals surface area contributed by atoms with Gasteiger partial charge >= 0.3 is 0 Å². The summed E-state index contributed by atoms with van der Waals surface area (Å²) < 4.78 is 5.20. The van der Waals surface area contributed by atoms with Crippen molar-refractivity contribution in [3.63, 3.8) is 0 Å². The van der Waals surface area contributed by atoms with Crippen LogP contribution in [0.15, 0.2) is 21.7 Å². The Bertz CT molecular complexity index is 470. The molecule has 0 bridgehead atoms. The molecule has 20 heavy (non-hydrogen) atoms. The van der Waals surface area contributed by atoms with Gasteiger partial charge in [-0.15, -0.1) is 0 Å². The lowest BCUT2D eigenvalue weighted by Crippen LogP contribution is -2.43. The minimum absolute atomic E-state index is 0.296. The van der Waals surface area contributed by atoms with Crippen molar-refractivity contribution in [2.75, 3.05) is 13.6 Å². The molecular formula is C14H23N5O. The van der Waals surface area contributed by atoms with E-state index in [9.17, 15) is 0 Å². The van der Waals surface area contributed by atoms with Gasteiger partial charge in [0.15, 0.2) is 11.8 Å². The van der Waals surface area contributed by atoms with Crippen LogP contribution in [-0.2, 0) is 6.42 Å². The Hall–Kier alpha value is -1.85. The zero-order chi connectivity index (χ0) is 14.4. The number of nitrogens with zero attached hydrogens (tertiary/aromatic N) is 3. The second kappa shape index (κ2) is 7.07. The van der Waals surface area contributed by atoms with Gasteiger partial charge in [-0.3, -0.25) is 4.99 Å². The van der Waals surface area contributed by atoms with Crippen molar-refractivity contribution < 1.29 is 4.52 Å². The number of hydrogen-bond donors (Lipinski definition) is 2. The van der Waals surface area contributed by atoms with Crippen LogP contribution in [0.4, 0.5) is 0 Å². The Labute approximate surface area is 119 Å². The summed E-state index contributed by atoms with van der Waals surface area (Å²) in [5, 5.41) is 10.6. The molecule has 1 aromatic heterocycles. The molecule has 0 atom stereocenters. The number of guanidine groups is 1. The Balaban J connectivity index is 1.73. The number of aromatic nitrogens is 2. The average Bonchev–Trinajstić information content (AvgIpc) is 3.08. The van der Waals surface area contributed by atoms with Crippen molar-refractivity contribution in [1.82, 2.24) is 20.8 Å². The molecule has 0 saturated heterocycles. The molecule has 0 radical (unpaired) electrons. The molecule has 1 heterocycles. The summed E-state index contributed by atoms with van der Waals surface area (Å²) in [4.78, 5) is 8.56. The van der Waals surface area contributed by atoms with Gasteiger partial charge < -0.3 is 15.2 Å². The van der Waals surface area contributed by atoms with Gasteiger partial charge in [0, 0.05) is 32.0 Å². The van der Waals surface area contributed by atoms with Crippen molar-refractivity contribution in [3.05, 3.63) is 23.9 Å². The summed E-state index contributed by atoms with van der Waals surface area (Å²) in [5.41, 5.74) is 0. The van der Waals surface area contributed by atoms with E-state index in [2.05, 4.69) is 37.9 Å². The lowest BCUT2D eigenvalue weighted by molar-refractivity contribution is 0.371. The maximum atomic E-state index is 5.20. The number of aliphatic imine (C=N–C) groups is 1. The summed E-state index contributed by atoms with van der Waals surface area (Å²) in [7, 11) is 1.78. The first kappa shape index (κ1) is 14.6. The molecule has 0 fully saturated rings. The predicted octanol–water partition coefficient (Wildman–Crippen LogP) is 1.62. The second-order valence-electron chi connectivity index (χ2n) is 5.23. The third kappa shape index (κ3) is 4.08. The number of nitrogens with one attached hydrogen (secondary N) is 2. The van der Waals surface area contributed by atoms with Gasteiger partial charge in [0.05, 0.1) is 0 Å². The molecule has 0 aromatic carbocycles. The molecule has 110 valence electrons. The standard InChI is InChI=1S/C14H23N5O/c1-10(2)13-18-12(20-19-13)8-9-16-14(15-3)17-11-6-4-5-7-11/h4-5,10-11H,6-9H2,1-3H3,(H2,15,16,17). The smallest absolute Gasteiger partial charge is 0.228 e. The Morgan fingerprint density at radius 3 is 2.80 bits per heavy atom. The average molecular weight is 277 g/mol. The first-order valence-electron chi connectivity index (χ1n) is 7.13. The molecule has 0 unspecified atom stereocenters. The third-order valence-corrected chi connectivity index (χ3v) is 3.20. The van der Waals surface area contributed by atoms with Crippen LogP contribution in [0.2, 0.25) is 0 Å². The topological polar surface area (TPSA) is 75.3 Å². The highest BCUT2D eigenvalue weighted by Crippen LogP contribution is 2.10. The molecule has 1 aliphatic rings. The molecular weight excluding hydrogens is 254 g/mol. The van der Waals surface area contributed by atoms with E-state index in [1.54, 1.807) is 7.05 Å². The van der Waals surface area contributed by atoms with E-state index in [1.165, 1.54) is 0 Å². The van der Waals surface area contributed by atoms with E-state index in [0.29, 0.717) is 24.3 Å². The van der Waals surface area contributed by atoms with Gasteiger partial charge in [0.2, 0.25) is 5.89 Å². The van der Waals surface area contributed by atoms with Crippen molar-refractivity contribution in [2.24, 2.45) is 4.99 Å².